The Balaban J connectivity index is 2.36. The van der Waals surface area contributed by atoms with Crippen molar-refractivity contribution in [2.75, 3.05) is 6.54 Å². The van der Waals surface area contributed by atoms with Crippen LogP contribution in [-0.4, -0.2) is 16.3 Å². The quantitative estimate of drug-likeness (QED) is 0.929. The predicted molar refractivity (Wildman–Crippen MR) is 75.7 cm³/mol. The normalized spacial score (nSPS) is 10.9. The van der Waals surface area contributed by atoms with E-state index < -0.39 is 0 Å². The van der Waals surface area contributed by atoms with Gasteiger partial charge in [0.25, 0.3) is 0 Å². The molecule has 0 aliphatic heterocycles. The molecule has 1 heterocycles. The van der Waals surface area contributed by atoms with Crippen LogP contribution in [0.4, 0.5) is 0 Å². The van der Waals surface area contributed by atoms with E-state index in [9.17, 15) is 0 Å². The number of nitrogens with one attached hydrogen (secondary N) is 1. The zero-order chi connectivity index (χ0) is 13.1. The minimum Gasteiger partial charge on any atom is -0.313 e. The second-order valence-corrected chi connectivity index (χ2v) is 4.90. The van der Waals surface area contributed by atoms with Gasteiger partial charge in [0.2, 0.25) is 0 Å². The monoisotopic (exact) mass is 283 g/mol. The smallest absolute Gasteiger partial charge is 0.0846 e. The van der Waals surface area contributed by atoms with Gasteiger partial charge in [-0.15, -0.1) is 0 Å². The number of benzene rings is 1. The van der Waals surface area contributed by atoms with Crippen LogP contribution in [0.2, 0.25) is 10.0 Å². The average molecular weight is 284 g/mol. The summed E-state index contributed by atoms with van der Waals surface area (Å²) < 4.78 is 1.77. The molecule has 0 unspecified atom stereocenters. The fraction of sp³-hybridized carbons (Fsp3) is 0.308. The first-order chi connectivity index (χ1) is 8.61. The van der Waals surface area contributed by atoms with E-state index in [1.165, 1.54) is 0 Å². The van der Waals surface area contributed by atoms with Crippen LogP contribution in [0, 0.1) is 6.92 Å². The second-order valence-electron chi connectivity index (χ2n) is 4.06. The predicted octanol–water partition coefficient (Wildman–Crippen LogP) is 3.60. The van der Waals surface area contributed by atoms with E-state index in [4.69, 9.17) is 23.2 Å². The molecular formula is C13H15Cl2N3. The highest BCUT2D eigenvalue weighted by Gasteiger charge is 2.09. The first-order valence-electron chi connectivity index (χ1n) is 5.83. The standard InChI is InChI=1S/C13H15Cl2N3/c1-3-16-7-10-8-18(17-9(10)2)13-6-11(14)4-5-12(13)15/h4-6,8,16H,3,7H2,1-2H3. The summed E-state index contributed by atoms with van der Waals surface area (Å²) >= 11 is 12.1. The van der Waals surface area contributed by atoms with E-state index in [1.54, 1.807) is 16.8 Å². The Labute approximate surface area is 117 Å². The number of aromatic nitrogens is 2. The molecule has 0 saturated carbocycles. The Hall–Kier alpha value is -1.03. The van der Waals surface area contributed by atoms with Crippen LogP contribution in [0.3, 0.4) is 0 Å². The summed E-state index contributed by atoms with van der Waals surface area (Å²) in [7, 11) is 0. The molecule has 1 aromatic carbocycles. The maximum Gasteiger partial charge on any atom is 0.0846 e. The molecule has 0 fully saturated rings. The summed E-state index contributed by atoms with van der Waals surface area (Å²) in [5.74, 6) is 0. The molecule has 2 aromatic rings. The van der Waals surface area contributed by atoms with Crippen LogP contribution in [0.25, 0.3) is 5.69 Å². The highest BCUT2D eigenvalue weighted by molar-refractivity contribution is 6.34. The lowest BCUT2D eigenvalue weighted by molar-refractivity contribution is 0.723. The minimum absolute atomic E-state index is 0.636. The summed E-state index contributed by atoms with van der Waals surface area (Å²) in [5.41, 5.74) is 2.95. The number of nitrogens with zero attached hydrogens (tertiary/aromatic N) is 2. The third kappa shape index (κ3) is 2.86. The number of halogens is 2. The van der Waals surface area contributed by atoms with E-state index in [0.717, 1.165) is 30.0 Å². The fourth-order valence-electron chi connectivity index (χ4n) is 1.71. The number of aryl methyl sites for hydroxylation is 1. The zero-order valence-corrected chi connectivity index (χ0v) is 11.9. The Morgan fingerprint density at radius 2 is 2.11 bits per heavy atom. The van der Waals surface area contributed by atoms with Gasteiger partial charge in [-0.3, -0.25) is 0 Å². The van der Waals surface area contributed by atoms with Crippen molar-refractivity contribution < 1.29 is 0 Å². The molecule has 2 rings (SSSR count). The number of hydrogen-bond acceptors (Lipinski definition) is 2. The first-order valence-corrected chi connectivity index (χ1v) is 6.58. The lowest BCUT2D eigenvalue weighted by Gasteiger charge is -2.04. The van der Waals surface area contributed by atoms with Gasteiger partial charge in [-0.05, 0) is 31.7 Å². The highest BCUT2D eigenvalue weighted by atomic mass is 35.5. The molecule has 0 radical (unpaired) electrons. The highest BCUT2D eigenvalue weighted by Crippen LogP contribution is 2.24. The number of hydrogen-bond donors (Lipinski definition) is 1. The SMILES string of the molecule is CCNCc1cn(-c2cc(Cl)ccc2Cl)nc1C. The largest absolute Gasteiger partial charge is 0.313 e. The van der Waals surface area contributed by atoms with Gasteiger partial charge in [0, 0.05) is 23.3 Å². The van der Waals surface area contributed by atoms with Crippen LogP contribution < -0.4 is 5.32 Å². The third-order valence-electron chi connectivity index (χ3n) is 2.72. The van der Waals surface area contributed by atoms with Gasteiger partial charge in [0.15, 0.2) is 0 Å². The molecular weight excluding hydrogens is 269 g/mol. The lowest BCUT2D eigenvalue weighted by atomic mass is 10.2. The van der Waals surface area contributed by atoms with Crippen molar-refractivity contribution >= 4 is 23.2 Å². The van der Waals surface area contributed by atoms with E-state index in [1.807, 2.05) is 19.2 Å². The Bertz CT molecular complexity index is 549. The van der Waals surface area contributed by atoms with Crippen LogP contribution in [0.5, 0.6) is 0 Å². The van der Waals surface area contributed by atoms with Crippen LogP contribution in [0.1, 0.15) is 18.2 Å². The van der Waals surface area contributed by atoms with E-state index in [2.05, 4.69) is 17.3 Å². The Morgan fingerprint density at radius 1 is 1.33 bits per heavy atom. The lowest BCUT2D eigenvalue weighted by Crippen LogP contribution is -2.11. The van der Waals surface area contributed by atoms with E-state index in [0.29, 0.717) is 10.0 Å². The van der Waals surface area contributed by atoms with Gasteiger partial charge in [-0.1, -0.05) is 30.1 Å². The van der Waals surface area contributed by atoms with Crippen molar-refractivity contribution in [3.63, 3.8) is 0 Å². The van der Waals surface area contributed by atoms with Crippen LogP contribution >= 0.6 is 23.2 Å². The summed E-state index contributed by atoms with van der Waals surface area (Å²) in [6.07, 6.45) is 1.98. The van der Waals surface area contributed by atoms with Crippen molar-refractivity contribution in [3.8, 4) is 5.69 Å². The maximum atomic E-state index is 6.16. The number of rotatable bonds is 4. The van der Waals surface area contributed by atoms with Gasteiger partial charge in [0.1, 0.15) is 0 Å². The molecule has 18 heavy (non-hydrogen) atoms. The van der Waals surface area contributed by atoms with Crippen molar-refractivity contribution in [2.45, 2.75) is 20.4 Å². The van der Waals surface area contributed by atoms with Gasteiger partial charge in [-0.25, -0.2) is 4.68 Å². The summed E-state index contributed by atoms with van der Waals surface area (Å²) in [6.45, 7) is 5.80. The summed E-state index contributed by atoms with van der Waals surface area (Å²) in [5, 5.41) is 9.04. The molecule has 3 nitrogen and oxygen atoms in total. The van der Waals surface area contributed by atoms with Crippen LogP contribution in [0.15, 0.2) is 24.4 Å². The minimum atomic E-state index is 0.636. The molecule has 0 spiro atoms. The molecule has 0 amide bonds. The van der Waals surface area contributed by atoms with Crippen molar-refractivity contribution in [3.05, 3.63) is 45.7 Å². The Kier molecular flexibility index (Phi) is 4.27. The Morgan fingerprint density at radius 3 is 2.83 bits per heavy atom. The maximum absolute atomic E-state index is 6.16. The van der Waals surface area contributed by atoms with E-state index in [-0.39, 0.29) is 0 Å². The topological polar surface area (TPSA) is 29.9 Å². The van der Waals surface area contributed by atoms with Crippen molar-refractivity contribution in [1.29, 1.82) is 0 Å². The van der Waals surface area contributed by atoms with Crippen molar-refractivity contribution in [2.24, 2.45) is 0 Å². The van der Waals surface area contributed by atoms with E-state index >= 15 is 0 Å². The molecule has 0 aliphatic rings. The first kappa shape index (κ1) is 13.4. The molecule has 0 bridgehead atoms. The average Bonchev–Trinajstić information content (AvgIpc) is 2.71. The summed E-state index contributed by atoms with van der Waals surface area (Å²) in [4.78, 5) is 0. The second kappa shape index (κ2) is 5.74. The molecule has 5 heteroatoms. The third-order valence-corrected chi connectivity index (χ3v) is 3.28. The van der Waals surface area contributed by atoms with Gasteiger partial charge >= 0.3 is 0 Å². The van der Waals surface area contributed by atoms with Crippen LogP contribution in [-0.2, 0) is 6.54 Å². The fourth-order valence-corrected chi connectivity index (χ4v) is 2.08. The molecule has 1 N–H and O–H groups in total. The molecule has 0 atom stereocenters. The molecule has 96 valence electrons. The van der Waals surface area contributed by atoms with Gasteiger partial charge < -0.3 is 5.32 Å². The molecule has 0 saturated heterocycles. The molecule has 0 aliphatic carbocycles. The van der Waals surface area contributed by atoms with Gasteiger partial charge in [-0.2, -0.15) is 5.10 Å². The molecule has 1 aromatic heterocycles. The summed E-state index contributed by atoms with van der Waals surface area (Å²) in [6, 6.07) is 5.36. The van der Waals surface area contributed by atoms with Crippen molar-refractivity contribution in [1.82, 2.24) is 15.1 Å². The zero-order valence-electron chi connectivity index (χ0n) is 10.4. The van der Waals surface area contributed by atoms with Gasteiger partial charge in [0.05, 0.1) is 16.4 Å².